The highest BCUT2D eigenvalue weighted by atomic mass is 79.9. The van der Waals surface area contributed by atoms with Gasteiger partial charge >= 0.3 is 0 Å². The molecule has 1 aromatic carbocycles. The molecule has 0 N–H and O–H groups in total. The topological polar surface area (TPSA) is 25.4 Å². The van der Waals surface area contributed by atoms with Crippen LogP contribution in [-0.2, 0) is 5.33 Å². The van der Waals surface area contributed by atoms with E-state index in [1.807, 2.05) is 48.5 Å². The molecule has 1 aromatic heterocycles. The van der Waals surface area contributed by atoms with Gasteiger partial charge in [-0.15, -0.1) is 0 Å². The maximum atomic E-state index is 5.15. The maximum Gasteiger partial charge on any atom is 0.132 e. The van der Waals surface area contributed by atoms with Crippen LogP contribution in [0.4, 0.5) is 11.5 Å². The van der Waals surface area contributed by atoms with E-state index in [1.54, 1.807) is 7.11 Å². The number of nitrogens with zero attached hydrogens (tertiary/aromatic N) is 2. The van der Waals surface area contributed by atoms with E-state index in [2.05, 4.69) is 27.0 Å². The molecule has 18 heavy (non-hydrogen) atoms. The number of benzene rings is 1. The smallest absolute Gasteiger partial charge is 0.132 e. The molecular weight excluding hydrogens is 292 g/mol. The molecule has 0 unspecified atom stereocenters. The second-order valence-electron chi connectivity index (χ2n) is 3.92. The number of methoxy groups -OCH3 is 1. The van der Waals surface area contributed by atoms with Gasteiger partial charge in [-0.05, 0) is 35.9 Å². The molecule has 0 spiro atoms. The van der Waals surface area contributed by atoms with E-state index in [4.69, 9.17) is 4.74 Å². The average Bonchev–Trinajstić information content (AvgIpc) is 2.47. The van der Waals surface area contributed by atoms with Crippen LogP contribution in [0.2, 0.25) is 0 Å². The van der Waals surface area contributed by atoms with Crippen LogP contribution in [0.3, 0.4) is 0 Å². The second-order valence-corrected chi connectivity index (χ2v) is 4.48. The number of alkyl halides is 1. The highest BCUT2D eigenvalue weighted by Gasteiger charge is 2.05. The van der Waals surface area contributed by atoms with Crippen molar-refractivity contribution in [1.82, 2.24) is 4.98 Å². The zero-order valence-electron chi connectivity index (χ0n) is 10.4. The van der Waals surface area contributed by atoms with Gasteiger partial charge in [-0.25, -0.2) is 4.98 Å². The molecule has 0 amide bonds. The normalized spacial score (nSPS) is 10.2. The first kappa shape index (κ1) is 12.9. The third kappa shape index (κ3) is 2.82. The Hall–Kier alpha value is -1.55. The van der Waals surface area contributed by atoms with Gasteiger partial charge in [-0.1, -0.05) is 22.0 Å². The molecular formula is C14H15BrN2O. The van der Waals surface area contributed by atoms with Crippen LogP contribution in [0.25, 0.3) is 0 Å². The van der Waals surface area contributed by atoms with Crippen molar-refractivity contribution >= 4 is 27.4 Å². The molecule has 0 bridgehead atoms. The Morgan fingerprint density at radius 3 is 2.39 bits per heavy atom. The predicted octanol–water partition coefficient (Wildman–Crippen LogP) is 3.75. The Kier molecular flexibility index (Phi) is 4.20. The molecule has 0 aliphatic rings. The molecule has 0 fully saturated rings. The monoisotopic (exact) mass is 306 g/mol. The number of ether oxygens (including phenoxy) is 1. The van der Waals surface area contributed by atoms with E-state index in [0.717, 1.165) is 22.6 Å². The van der Waals surface area contributed by atoms with Gasteiger partial charge in [0.15, 0.2) is 0 Å². The lowest BCUT2D eigenvalue weighted by molar-refractivity contribution is 0.415. The van der Waals surface area contributed by atoms with E-state index in [0.29, 0.717) is 0 Å². The molecule has 94 valence electrons. The summed E-state index contributed by atoms with van der Waals surface area (Å²) in [7, 11) is 3.66. The fraction of sp³-hybridized carbons (Fsp3) is 0.214. The molecule has 0 atom stereocenters. The standard InChI is InChI=1S/C14H15BrN2O/c1-17(12-4-6-13(18-2)7-5-12)14-8-3-11(9-15)10-16-14/h3-8,10H,9H2,1-2H3. The van der Waals surface area contributed by atoms with Gasteiger partial charge in [0.2, 0.25) is 0 Å². The van der Waals surface area contributed by atoms with Crippen LogP contribution in [0.15, 0.2) is 42.6 Å². The second kappa shape index (κ2) is 5.87. The van der Waals surface area contributed by atoms with Crippen LogP contribution >= 0.6 is 15.9 Å². The summed E-state index contributed by atoms with van der Waals surface area (Å²) in [6.07, 6.45) is 1.88. The summed E-state index contributed by atoms with van der Waals surface area (Å²) in [6, 6.07) is 12.0. The molecule has 0 aliphatic carbocycles. The van der Waals surface area contributed by atoms with Gasteiger partial charge in [0.1, 0.15) is 11.6 Å². The van der Waals surface area contributed by atoms with E-state index in [9.17, 15) is 0 Å². The zero-order valence-corrected chi connectivity index (χ0v) is 12.0. The van der Waals surface area contributed by atoms with Crippen molar-refractivity contribution in [3.63, 3.8) is 0 Å². The number of pyridine rings is 1. The third-order valence-corrected chi connectivity index (χ3v) is 3.41. The largest absolute Gasteiger partial charge is 0.497 e. The molecule has 0 saturated heterocycles. The molecule has 2 aromatic rings. The quantitative estimate of drug-likeness (QED) is 0.804. The molecule has 0 radical (unpaired) electrons. The van der Waals surface area contributed by atoms with Gasteiger partial charge in [-0.3, -0.25) is 0 Å². The number of rotatable bonds is 4. The predicted molar refractivity (Wildman–Crippen MR) is 77.9 cm³/mol. The van der Waals surface area contributed by atoms with Crippen molar-refractivity contribution in [2.24, 2.45) is 0 Å². The minimum Gasteiger partial charge on any atom is -0.497 e. The first-order chi connectivity index (χ1) is 8.74. The Morgan fingerprint density at radius 2 is 1.89 bits per heavy atom. The molecule has 0 saturated carbocycles. The van der Waals surface area contributed by atoms with Crippen molar-refractivity contribution in [3.05, 3.63) is 48.2 Å². The number of hydrogen-bond donors (Lipinski definition) is 0. The van der Waals surface area contributed by atoms with Crippen molar-refractivity contribution < 1.29 is 4.74 Å². The van der Waals surface area contributed by atoms with Crippen LogP contribution < -0.4 is 9.64 Å². The van der Waals surface area contributed by atoms with Gasteiger partial charge < -0.3 is 9.64 Å². The van der Waals surface area contributed by atoms with E-state index in [1.165, 1.54) is 5.56 Å². The Labute approximate surface area is 116 Å². The molecule has 0 aliphatic heterocycles. The lowest BCUT2D eigenvalue weighted by Crippen LogP contribution is -2.10. The number of hydrogen-bond acceptors (Lipinski definition) is 3. The fourth-order valence-corrected chi connectivity index (χ4v) is 1.96. The number of halogens is 1. The van der Waals surface area contributed by atoms with Crippen LogP contribution in [0, 0.1) is 0 Å². The number of aromatic nitrogens is 1. The van der Waals surface area contributed by atoms with Gasteiger partial charge in [0, 0.05) is 24.3 Å². The van der Waals surface area contributed by atoms with Gasteiger partial charge in [0.05, 0.1) is 7.11 Å². The van der Waals surface area contributed by atoms with Crippen molar-refractivity contribution in [1.29, 1.82) is 0 Å². The maximum absolute atomic E-state index is 5.15. The summed E-state index contributed by atoms with van der Waals surface area (Å²) in [5.74, 6) is 1.78. The third-order valence-electron chi connectivity index (χ3n) is 2.77. The summed E-state index contributed by atoms with van der Waals surface area (Å²) in [4.78, 5) is 6.47. The summed E-state index contributed by atoms with van der Waals surface area (Å²) in [5.41, 5.74) is 2.25. The van der Waals surface area contributed by atoms with E-state index in [-0.39, 0.29) is 0 Å². The van der Waals surface area contributed by atoms with Crippen LogP contribution in [0.1, 0.15) is 5.56 Å². The van der Waals surface area contributed by atoms with Gasteiger partial charge in [-0.2, -0.15) is 0 Å². The first-order valence-electron chi connectivity index (χ1n) is 5.63. The lowest BCUT2D eigenvalue weighted by atomic mass is 10.2. The summed E-state index contributed by atoms with van der Waals surface area (Å²) in [6.45, 7) is 0. The summed E-state index contributed by atoms with van der Waals surface area (Å²) >= 11 is 3.41. The molecule has 2 rings (SSSR count). The molecule has 4 heteroatoms. The van der Waals surface area contributed by atoms with Gasteiger partial charge in [0.25, 0.3) is 0 Å². The van der Waals surface area contributed by atoms with Crippen LogP contribution in [0.5, 0.6) is 5.75 Å². The highest BCUT2D eigenvalue weighted by Crippen LogP contribution is 2.24. The van der Waals surface area contributed by atoms with Crippen molar-refractivity contribution in [3.8, 4) is 5.75 Å². The SMILES string of the molecule is COc1ccc(N(C)c2ccc(CBr)cn2)cc1. The van der Waals surface area contributed by atoms with Crippen LogP contribution in [-0.4, -0.2) is 19.1 Å². The van der Waals surface area contributed by atoms with E-state index < -0.39 is 0 Å². The Bertz CT molecular complexity index is 449. The zero-order chi connectivity index (χ0) is 13.0. The fourth-order valence-electron chi connectivity index (χ4n) is 1.63. The van der Waals surface area contributed by atoms with E-state index >= 15 is 0 Å². The lowest BCUT2D eigenvalue weighted by Gasteiger charge is -2.18. The summed E-state index contributed by atoms with van der Waals surface area (Å²) < 4.78 is 5.15. The van der Waals surface area contributed by atoms with Crippen molar-refractivity contribution in [2.75, 3.05) is 19.1 Å². The Balaban J connectivity index is 2.20. The number of anilines is 2. The highest BCUT2D eigenvalue weighted by molar-refractivity contribution is 9.08. The molecule has 1 heterocycles. The molecule has 3 nitrogen and oxygen atoms in total. The van der Waals surface area contributed by atoms with Crippen molar-refractivity contribution in [2.45, 2.75) is 5.33 Å². The Morgan fingerprint density at radius 1 is 1.17 bits per heavy atom. The average molecular weight is 307 g/mol. The summed E-state index contributed by atoms with van der Waals surface area (Å²) in [5, 5.41) is 0.826. The minimum atomic E-state index is 0.826. The minimum absolute atomic E-state index is 0.826. The first-order valence-corrected chi connectivity index (χ1v) is 6.75.